The summed E-state index contributed by atoms with van der Waals surface area (Å²) in [7, 11) is 1.44. The van der Waals surface area contributed by atoms with Gasteiger partial charge in [-0.3, -0.25) is 0 Å². The molecule has 1 aromatic heterocycles. The van der Waals surface area contributed by atoms with Gasteiger partial charge in [-0.1, -0.05) is 0 Å². The molecule has 1 heterocycles. The molecular formula is C13H12F4N4. The van der Waals surface area contributed by atoms with Crippen molar-refractivity contribution in [2.45, 2.75) is 13.1 Å². The molecule has 0 saturated carbocycles. The summed E-state index contributed by atoms with van der Waals surface area (Å²) in [4.78, 5) is 6.74. The van der Waals surface area contributed by atoms with Crippen LogP contribution in [0.25, 0.3) is 0 Å². The first kappa shape index (κ1) is 15.0. The number of aromatic nitrogens is 2. The molecule has 0 atom stereocenters. The van der Waals surface area contributed by atoms with Crippen molar-refractivity contribution in [2.75, 3.05) is 17.7 Å². The molecule has 1 aromatic carbocycles. The lowest BCUT2D eigenvalue weighted by molar-refractivity contribution is -0.144. The molecule has 21 heavy (non-hydrogen) atoms. The highest BCUT2D eigenvalue weighted by Gasteiger charge is 2.35. The highest BCUT2D eigenvalue weighted by Crippen LogP contribution is 2.29. The van der Waals surface area contributed by atoms with Gasteiger partial charge in [0, 0.05) is 18.8 Å². The zero-order valence-corrected chi connectivity index (χ0v) is 11.2. The lowest BCUT2D eigenvalue weighted by Crippen LogP contribution is -2.13. The van der Waals surface area contributed by atoms with E-state index in [-0.39, 0.29) is 11.6 Å². The van der Waals surface area contributed by atoms with E-state index in [0.29, 0.717) is 11.3 Å². The number of alkyl halides is 3. The van der Waals surface area contributed by atoms with Gasteiger partial charge in [-0.25, -0.2) is 14.4 Å². The number of benzene rings is 1. The second-order valence-electron chi connectivity index (χ2n) is 4.35. The van der Waals surface area contributed by atoms with E-state index in [4.69, 9.17) is 0 Å². The maximum absolute atomic E-state index is 13.3. The van der Waals surface area contributed by atoms with Crippen molar-refractivity contribution < 1.29 is 17.6 Å². The van der Waals surface area contributed by atoms with Crippen LogP contribution in [-0.4, -0.2) is 17.0 Å². The van der Waals surface area contributed by atoms with Crippen LogP contribution in [0.1, 0.15) is 11.4 Å². The predicted octanol–water partition coefficient (Wildman–Crippen LogP) is 3.73. The Morgan fingerprint density at radius 2 is 1.67 bits per heavy atom. The van der Waals surface area contributed by atoms with Gasteiger partial charge in [0.05, 0.1) is 0 Å². The standard InChI is InChI=1S/C13H12F4N4/c1-7-3-8(14)5-9(4-7)19-11-6-10(18-2)20-12(21-11)13(15,16)17/h3-6H,1-2H3,(H2,18,19,20,21). The molecule has 0 saturated heterocycles. The van der Waals surface area contributed by atoms with E-state index in [9.17, 15) is 17.6 Å². The van der Waals surface area contributed by atoms with Gasteiger partial charge in [0.15, 0.2) is 0 Å². The van der Waals surface area contributed by atoms with Crippen LogP contribution >= 0.6 is 0 Å². The van der Waals surface area contributed by atoms with Gasteiger partial charge in [-0.2, -0.15) is 13.2 Å². The van der Waals surface area contributed by atoms with Crippen molar-refractivity contribution in [3.63, 3.8) is 0 Å². The van der Waals surface area contributed by atoms with Gasteiger partial charge in [-0.05, 0) is 30.7 Å². The van der Waals surface area contributed by atoms with E-state index in [0.717, 1.165) is 0 Å². The Hall–Kier alpha value is -2.38. The van der Waals surface area contributed by atoms with Gasteiger partial charge in [-0.15, -0.1) is 0 Å². The number of nitrogens with zero attached hydrogens (tertiary/aromatic N) is 2. The molecule has 2 N–H and O–H groups in total. The second kappa shape index (κ2) is 5.55. The molecule has 0 aliphatic rings. The lowest BCUT2D eigenvalue weighted by Gasteiger charge is -2.12. The zero-order valence-electron chi connectivity index (χ0n) is 11.2. The molecule has 0 amide bonds. The normalized spacial score (nSPS) is 11.3. The summed E-state index contributed by atoms with van der Waals surface area (Å²) >= 11 is 0. The first-order valence-electron chi connectivity index (χ1n) is 5.96. The molecule has 0 aliphatic carbocycles. The molecule has 2 aromatic rings. The van der Waals surface area contributed by atoms with Gasteiger partial charge in [0.1, 0.15) is 17.5 Å². The predicted molar refractivity (Wildman–Crippen MR) is 71.0 cm³/mol. The van der Waals surface area contributed by atoms with Crippen LogP contribution in [0.15, 0.2) is 24.3 Å². The summed E-state index contributed by atoms with van der Waals surface area (Å²) in [6.45, 7) is 1.68. The summed E-state index contributed by atoms with van der Waals surface area (Å²) in [5, 5.41) is 5.16. The lowest BCUT2D eigenvalue weighted by atomic mass is 10.2. The van der Waals surface area contributed by atoms with Crippen LogP contribution in [0, 0.1) is 12.7 Å². The number of nitrogens with one attached hydrogen (secondary N) is 2. The smallest absolute Gasteiger partial charge is 0.373 e. The first-order chi connectivity index (χ1) is 9.77. The van der Waals surface area contributed by atoms with E-state index < -0.39 is 17.8 Å². The van der Waals surface area contributed by atoms with Gasteiger partial charge >= 0.3 is 6.18 Å². The van der Waals surface area contributed by atoms with E-state index in [1.165, 1.54) is 25.2 Å². The highest BCUT2D eigenvalue weighted by atomic mass is 19.4. The van der Waals surface area contributed by atoms with E-state index >= 15 is 0 Å². The molecule has 0 aliphatic heterocycles. The third-order valence-corrected chi connectivity index (χ3v) is 2.55. The number of anilines is 3. The Morgan fingerprint density at radius 3 is 2.24 bits per heavy atom. The van der Waals surface area contributed by atoms with Crippen LogP contribution in [0.5, 0.6) is 0 Å². The largest absolute Gasteiger partial charge is 0.451 e. The van der Waals surface area contributed by atoms with Crippen LogP contribution < -0.4 is 10.6 Å². The summed E-state index contributed by atoms with van der Waals surface area (Å²) in [5.74, 6) is -1.83. The minimum Gasteiger partial charge on any atom is -0.373 e. The highest BCUT2D eigenvalue weighted by molar-refractivity contribution is 5.60. The maximum atomic E-state index is 13.3. The number of hydrogen-bond acceptors (Lipinski definition) is 4. The van der Waals surface area contributed by atoms with E-state index in [1.54, 1.807) is 13.0 Å². The van der Waals surface area contributed by atoms with E-state index in [1.807, 2.05) is 0 Å². The average molecular weight is 300 g/mol. The summed E-state index contributed by atoms with van der Waals surface area (Å²) in [6, 6.07) is 5.37. The third kappa shape index (κ3) is 3.80. The minimum absolute atomic E-state index is 0.00736. The second-order valence-corrected chi connectivity index (χ2v) is 4.35. The third-order valence-electron chi connectivity index (χ3n) is 2.55. The molecule has 0 radical (unpaired) electrons. The average Bonchev–Trinajstić information content (AvgIpc) is 2.36. The maximum Gasteiger partial charge on any atom is 0.451 e. The van der Waals surface area contributed by atoms with Crippen molar-refractivity contribution in [3.05, 3.63) is 41.5 Å². The van der Waals surface area contributed by atoms with Gasteiger partial charge in [0.2, 0.25) is 5.82 Å². The number of aryl methyl sites for hydroxylation is 1. The molecule has 8 heteroatoms. The quantitative estimate of drug-likeness (QED) is 0.848. The van der Waals surface area contributed by atoms with Crippen molar-refractivity contribution in [1.82, 2.24) is 9.97 Å². The number of rotatable bonds is 3. The summed E-state index contributed by atoms with van der Waals surface area (Å²) < 4.78 is 51.4. The Balaban J connectivity index is 2.39. The molecule has 112 valence electrons. The molecule has 0 bridgehead atoms. The molecule has 4 nitrogen and oxygen atoms in total. The van der Waals surface area contributed by atoms with E-state index in [2.05, 4.69) is 20.6 Å². The fourth-order valence-electron chi connectivity index (χ4n) is 1.72. The number of halogens is 4. The van der Waals surface area contributed by atoms with Crippen molar-refractivity contribution in [2.24, 2.45) is 0 Å². The van der Waals surface area contributed by atoms with Crippen LogP contribution in [-0.2, 0) is 6.18 Å². The Bertz CT molecular complexity index is 635. The van der Waals surface area contributed by atoms with Crippen molar-refractivity contribution in [3.8, 4) is 0 Å². The van der Waals surface area contributed by atoms with Crippen molar-refractivity contribution in [1.29, 1.82) is 0 Å². The van der Waals surface area contributed by atoms with Gasteiger partial charge < -0.3 is 10.6 Å². The Labute approximate surface area is 118 Å². The molecule has 2 rings (SSSR count). The van der Waals surface area contributed by atoms with Gasteiger partial charge in [0.25, 0.3) is 0 Å². The zero-order chi connectivity index (χ0) is 15.6. The Morgan fingerprint density at radius 1 is 1.00 bits per heavy atom. The number of hydrogen-bond donors (Lipinski definition) is 2. The van der Waals surface area contributed by atoms with Crippen LogP contribution in [0.3, 0.4) is 0 Å². The fourth-order valence-corrected chi connectivity index (χ4v) is 1.72. The van der Waals surface area contributed by atoms with Crippen LogP contribution in [0.2, 0.25) is 0 Å². The summed E-state index contributed by atoms with van der Waals surface area (Å²) in [5.41, 5.74) is 0.942. The molecule has 0 spiro atoms. The van der Waals surface area contributed by atoms with Crippen molar-refractivity contribution >= 4 is 17.3 Å². The molecule has 0 fully saturated rings. The fraction of sp³-hybridized carbons (Fsp3) is 0.231. The molecule has 0 unspecified atom stereocenters. The topological polar surface area (TPSA) is 49.8 Å². The minimum atomic E-state index is -4.67. The first-order valence-corrected chi connectivity index (χ1v) is 5.96. The van der Waals surface area contributed by atoms with Crippen LogP contribution in [0.4, 0.5) is 34.9 Å². The Kier molecular flexibility index (Phi) is 3.97. The molecular weight excluding hydrogens is 288 g/mol. The summed E-state index contributed by atoms with van der Waals surface area (Å²) in [6.07, 6.45) is -4.67. The monoisotopic (exact) mass is 300 g/mol. The SMILES string of the molecule is CNc1cc(Nc2cc(C)cc(F)c2)nc(C(F)(F)F)n1.